The molecule has 0 bridgehead atoms. The third-order valence-electron chi connectivity index (χ3n) is 1.89. The monoisotopic (exact) mass is 243 g/mol. The Hall–Kier alpha value is -0.330. The van der Waals surface area contributed by atoms with Crippen molar-refractivity contribution in [3.05, 3.63) is 0 Å². The van der Waals surface area contributed by atoms with Crippen LogP contribution in [0.3, 0.4) is 0 Å². The molecular formula is C10H20F3NO2. The van der Waals surface area contributed by atoms with Crippen LogP contribution in [0, 0.1) is 0 Å². The Labute approximate surface area is 94.3 Å². The molecule has 0 aromatic carbocycles. The number of halogens is 3. The van der Waals surface area contributed by atoms with Gasteiger partial charge in [0.05, 0.1) is 6.61 Å². The Morgan fingerprint density at radius 1 is 1.19 bits per heavy atom. The summed E-state index contributed by atoms with van der Waals surface area (Å²) in [6.45, 7) is 4.59. The van der Waals surface area contributed by atoms with Crippen molar-refractivity contribution in [2.24, 2.45) is 0 Å². The van der Waals surface area contributed by atoms with E-state index in [1.165, 1.54) is 0 Å². The van der Waals surface area contributed by atoms with Gasteiger partial charge in [0.15, 0.2) is 0 Å². The largest absolute Gasteiger partial charge is 0.411 e. The highest BCUT2D eigenvalue weighted by atomic mass is 19.4. The van der Waals surface area contributed by atoms with E-state index in [1.807, 2.05) is 13.8 Å². The van der Waals surface area contributed by atoms with E-state index in [1.54, 1.807) is 0 Å². The van der Waals surface area contributed by atoms with Crippen LogP contribution in [0.25, 0.3) is 0 Å². The van der Waals surface area contributed by atoms with Crippen LogP contribution in [-0.4, -0.2) is 45.2 Å². The van der Waals surface area contributed by atoms with E-state index in [-0.39, 0.29) is 12.6 Å². The molecule has 1 unspecified atom stereocenters. The topological polar surface area (TPSA) is 30.5 Å². The molecule has 0 aliphatic carbocycles. The molecule has 0 spiro atoms. The number of alkyl halides is 3. The summed E-state index contributed by atoms with van der Waals surface area (Å²) in [7, 11) is 0. The molecule has 0 aromatic heterocycles. The smallest absolute Gasteiger partial charge is 0.380 e. The van der Waals surface area contributed by atoms with Gasteiger partial charge in [-0.1, -0.05) is 6.92 Å². The zero-order valence-electron chi connectivity index (χ0n) is 9.77. The van der Waals surface area contributed by atoms with Crippen molar-refractivity contribution in [3.8, 4) is 0 Å². The maximum atomic E-state index is 11.8. The lowest BCUT2D eigenvalue weighted by Crippen LogP contribution is -2.34. The van der Waals surface area contributed by atoms with Gasteiger partial charge >= 0.3 is 6.18 Å². The molecule has 1 atom stereocenters. The van der Waals surface area contributed by atoms with Gasteiger partial charge in [0.2, 0.25) is 0 Å². The quantitative estimate of drug-likeness (QED) is 0.628. The van der Waals surface area contributed by atoms with E-state index < -0.39 is 12.8 Å². The molecule has 3 nitrogen and oxygen atoms in total. The predicted molar refractivity (Wildman–Crippen MR) is 55.4 cm³/mol. The molecule has 0 heterocycles. The third-order valence-corrected chi connectivity index (χ3v) is 1.89. The van der Waals surface area contributed by atoms with Crippen molar-refractivity contribution in [1.29, 1.82) is 0 Å². The lowest BCUT2D eigenvalue weighted by Gasteiger charge is -2.17. The SMILES string of the molecule is CCNC(CCOCC(F)(F)F)COCC. The standard InChI is InChI=1S/C10H20F3NO2/c1-3-14-9(7-15-4-2)5-6-16-8-10(11,12)13/h9,14H,3-8H2,1-2H3. The maximum absolute atomic E-state index is 11.8. The number of likely N-dealkylation sites (N-methyl/N-ethyl adjacent to an activating group) is 1. The average molecular weight is 243 g/mol. The normalized spacial score (nSPS) is 14.1. The first-order valence-electron chi connectivity index (χ1n) is 5.45. The van der Waals surface area contributed by atoms with E-state index in [4.69, 9.17) is 4.74 Å². The number of nitrogens with one attached hydrogen (secondary N) is 1. The van der Waals surface area contributed by atoms with E-state index in [2.05, 4.69) is 10.1 Å². The Balaban J connectivity index is 3.59. The summed E-state index contributed by atoms with van der Waals surface area (Å²) in [5.74, 6) is 0. The van der Waals surface area contributed by atoms with Gasteiger partial charge in [0.25, 0.3) is 0 Å². The average Bonchev–Trinajstić information content (AvgIpc) is 2.19. The zero-order valence-corrected chi connectivity index (χ0v) is 9.77. The molecule has 0 amide bonds. The summed E-state index contributed by atoms with van der Waals surface area (Å²) in [5.41, 5.74) is 0. The van der Waals surface area contributed by atoms with E-state index in [0.717, 1.165) is 6.54 Å². The van der Waals surface area contributed by atoms with E-state index in [0.29, 0.717) is 19.6 Å². The van der Waals surface area contributed by atoms with Crippen molar-refractivity contribution < 1.29 is 22.6 Å². The second-order valence-electron chi connectivity index (χ2n) is 3.37. The highest BCUT2D eigenvalue weighted by molar-refractivity contribution is 4.64. The molecule has 0 saturated carbocycles. The van der Waals surface area contributed by atoms with Crippen LogP contribution in [0.4, 0.5) is 13.2 Å². The minimum Gasteiger partial charge on any atom is -0.380 e. The first-order chi connectivity index (χ1) is 7.49. The second kappa shape index (κ2) is 8.78. The van der Waals surface area contributed by atoms with Crippen LogP contribution in [0.15, 0.2) is 0 Å². The van der Waals surface area contributed by atoms with Gasteiger partial charge in [0.1, 0.15) is 6.61 Å². The molecule has 0 rings (SSSR count). The highest BCUT2D eigenvalue weighted by Crippen LogP contribution is 2.14. The molecule has 6 heteroatoms. The summed E-state index contributed by atoms with van der Waals surface area (Å²) >= 11 is 0. The van der Waals surface area contributed by atoms with Gasteiger partial charge in [-0.2, -0.15) is 13.2 Å². The molecule has 0 fully saturated rings. The molecule has 98 valence electrons. The Morgan fingerprint density at radius 3 is 2.38 bits per heavy atom. The van der Waals surface area contributed by atoms with Gasteiger partial charge in [-0.3, -0.25) is 0 Å². The molecule has 0 aliphatic heterocycles. The predicted octanol–water partition coefficient (Wildman–Crippen LogP) is 1.97. The molecule has 0 aromatic rings. The first kappa shape index (κ1) is 15.7. The van der Waals surface area contributed by atoms with Gasteiger partial charge < -0.3 is 14.8 Å². The highest BCUT2D eigenvalue weighted by Gasteiger charge is 2.27. The molecule has 0 saturated heterocycles. The van der Waals surface area contributed by atoms with Crippen molar-refractivity contribution in [3.63, 3.8) is 0 Å². The van der Waals surface area contributed by atoms with Crippen molar-refractivity contribution >= 4 is 0 Å². The lowest BCUT2D eigenvalue weighted by atomic mass is 10.2. The molecular weight excluding hydrogens is 223 g/mol. The Morgan fingerprint density at radius 2 is 1.88 bits per heavy atom. The van der Waals surface area contributed by atoms with E-state index >= 15 is 0 Å². The van der Waals surface area contributed by atoms with Crippen LogP contribution in [0.1, 0.15) is 20.3 Å². The van der Waals surface area contributed by atoms with Crippen LogP contribution < -0.4 is 5.32 Å². The van der Waals surface area contributed by atoms with Crippen molar-refractivity contribution in [1.82, 2.24) is 5.32 Å². The minimum absolute atomic E-state index is 0.0539. The lowest BCUT2D eigenvalue weighted by molar-refractivity contribution is -0.174. The third kappa shape index (κ3) is 10.2. The summed E-state index contributed by atoms with van der Waals surface area (Å²) in [5, 5.41) is 3.13. The second-order valence-corrected chi connectivity index (χ2v) is 3.37. The number of ether oxygens (including phenoxy) is 2. The van der Waals surface area contributed by atoms with Crippen molar-refractivity contribution in [2.75, 3.05) is 33.0 Å². The van der Waals surface area contributed by atoms with Crippen LogP contribution in [-0.2, 0) is 9.47 Å². The summed E-state index contributed by atoms with van der Waals surface area (Å²) in [6.07, 6.45) is -3.72. The molecule has 0 radical (unpaired) electrons. The number of hydrogen-bond donors (Lipinski definition) is 1. The van der Waals surface area contributed by atoms with E-state index in [9.17, 15) is 13.2 Å². The Kier molecular flexibility index (Phi) is 8.60. The van der Waals surface area contributed by atoms with Crippen LogP contribution >= 0.6 is 0 Å². The van der Waals surface area contributed by atoms with Gasteiger partial charge in [-0.15, -0.1) is 0 Å². The van der Waals surface area contributed by atoms with Gasteiger partial charge in [0, 0.05) is 19.3 Å². The molecule has 1 N–H and O–H groups in total. The fourth-order valence-corrected chi connectivity index (χ4v) is 1.21. The van der Waals surface area contributed by atoms with Crippen LogP contribution in [0.5, 0.6) is 0 Å². The van der Waals surface area contributed by atoms with Gasteiger partial charge in [-0.25, -0.2) is 0 Å². The Bertz CT molecular complexity index is 165. The van der Waals surface area contributed by atoms with Gasteiger partial charge in [-0.05, 0) is 19.9 Å². The van der Waals surface area contributed by atoms with Crippen molar-refractivity contribution in [2.45, 2.75) is 32.5 Å². The zero-order chi connectivity index (χ0) is 12.4. The maximum Gasteiger partial charge on any atom is 0.411 e. The fraction of sp³-hybridized carbons (Fsp3) is 1.00. The summed E-state index contributed by atoms with van der Waals surface area (Å²) in [4.78, 5) is 0. The molecule has 16 heavy (non-hydrogen) atoms. The molecule has 0 aliphatic rings. The minimum atomic E-state index is -4.24. The summed E-state index contributed by atoms with van der Waals surface area (Å²) < 4.78 is 45.0. The number of hydrogen-bond acceptors (Lipinski definition) is 3. The van der Waals surface area contributed by atoms with Crippen LogP contribution in [0.2, 0.25) is 0 Å². The summed E-state index contributed by atoms with van der Waals surface area (Å²) in [6, 6.07) is 0.0539. The first-order valence-corrected chi connectivity index (χ1v) is 5.45. The fourth-order valence-electron chi connectivity index (χ4n) is 1.21. The number of rotatable bonds is 9.